The number of para-hydroxylation sites is 1. The lowest BCUT2D eigenvalue weighted by atomic mass is 10.0. The van der Waals surface area contributed by atoms with E-state index in [0.29, 0.717) is 6.42 Å². The highest BCUT2D eigenvalue weighted by molar-refractivity contribution is 5.89. The van der Waals surface area contributed by atoms with Gasteiger partial charge < -0.3 is 9.84 Å². The normalized spacial score (nSPS) is 11.7. The molecule has 0 bridgehead atoms. The molecule has 0 heterocycles. The molecule has 1 atom stereocenters. The van der Waals surface area contributed by atoms with Crippen LogP contribution in [-0.2, 0) is 9.53 Å². The van der Waals surface area contributed by atoms with Crippen LogP contribution in [0.5, 0.6) is 0 Å². The summed E-state index contributed by atoms with van der Waals surface area (Å²) in [6, 6.07) is 5.67. The zero-order valence-corrected chi connectivity index (χ0v) is 11.2. The number of nitrogens with zero attached hydrogens (tertiary/aromatic N) is 1. The van der Waals surface area contributed by atoms with E-state index in [2.05, 4.69) is 6.58 Å². The van der Waals surface area contributed by atoms with Crippen LogP contribution in [0.2, 0.25) is 0 Å². The van der Waals surface area contributed by atoms with Gasteiger partial charge in [-0.25, -0.2) is 4.79 Å². The number of unbranched alkanes of at least 4 members (excludes halogenated alkanes) is 1. The largest absolute Gasteiger partial charge is 0.462 e. The van der Waals surface area contributed by atoms with Crippen LogP contribution in [0.4, 0.5) is 5.69 Å². The lowest BCUT2D eigenvalue weighted by molar-refractivity contribution is -0.386. The molecular formula is C14H17NO5. The molecule has 0 saturated heterocycles. The van der Waals surface area contributed by atoms with Crippen molar-refractivity contribution in [1.29, 1.82) is 0 Å². The third-order valence-electron chi connectivity index (χ3n) is 2.75. The van der Waals surface area contributed by atoms with Gasteiger partial charge in [0.05, 0.1) is 22.7 Å². The summed E-state index contributed by atoms with van der Waals surface area (Å²) in [6.45, 7) is 5.65. The Labute approximate surface area is 116 Å². The Morgan fingerprint density at radius 1 is 1.50 bits per heavy atom. The Balaban J connectivity index is 2.84. The number of benzene rings is 1. The zero-order valence-electron chi connectivity index (χ0n) is 11.2. The molecule has 1 rings (SSSR count). The van der Waals surface area contributed by atoms with E-state index in [1.165, 1.54) is 18.2 Å². The van der Waals surface area contributed by atoms with Crippen LogP contribution in [0.25, 0.3) is 0 Å². The first-order valence-electron chi connectivity index (χ1n) is 6.26. The summed E-state index contributed by atoms with van der Waals surface area (Å²) >= 11 is 0. The molecule has 0 aromatic heterocycles. The van der Waals surface area contributed by atoms with Crippen molar-refractivity contribution in [3.8, 4) is 0 Å². The Kier molecular flexibility index (Phi) is 5.86. The van der Waals surface area contributed by atoms with Crippen molar-refractivity contribution in [2.45, 2.75) is 25.9 Å². The summed E-state index contributed by atoms with van der Waals surface area (Å²) in [4.78, 5) is 21.9. The van der Waals surface area contributed by atoms with Crippen LogP contribution < -0.4 is 0 Å². The van der Waals surface area contributed by atoms with E-state index >= 15 is 0 Å². The van der Waals surface area contributed by atoms with Crippen molar-refractivity contribution in [1.82, 2.24) is 0 Å². The second-order valence-electron chi connectivity index (χ2n) is 4.23. The summed E-state index contributed by atoms with van der Waals surface area (Å²) in [5.74, 6) is -0.746. The molecule has 6 heteroatoms. The van der Waals surface area contributed by atoms with Crippen LogP contribution in [-0.4, -0.2) is 22.6 Å². The molecule has 6 nitrogen and oxygen atoms in total. The Hall–Kier alpha value is -2.21. The maximum atomic E-state index is 11.7. The van der Waals surface area contributed by atoms with Gasteiger partial charge in [-0.2, -0.15) is 0 Å². The number of hydrogen-bond acceptors (Lipinski definition) is 5. The summed E-state index contributed by atoms with van der Waals surface area (Å²) < 4.78 is 4.92. The number of esters is 1. The molecule has 0 fully saturated rings. The van der Waals surface area contributed by atoms with E-state index < -0.39 is 17.0 Å². The fraction of sp³-hybridized carbons (Fsp3) is 0.357. The average Bonchev–Trinajstić information content (AvgIpc) is 2.45. The maximum absolute atomic E-state index is 11.7. The number of carbonyl (C=O) groups is 1. The van der Waals surface area contributed by atoms with E-state index in [-0.39, 0.29) is 23.4 Å². The lowest BCUT2D eigenvalue weighted by Gasteiger charge is -2.13. The Morgan fingerprint density at radius 3 is 2.75 bits per heavy atom. The van der Waals surface area contributed by atoms with Crippen molar-refractivity contribution in [2.75, 3.05) is 6.61 Å². The molecule has 0 aliphatic heterocycles. The molecule has 108 valence electrons. The molecule has 0 saturated carbocycles. The van der Waals surface area contributed by atoms with Gasteiger partial charge in [0.15, 0.2) is 0 Å². The second kappa shape index (κ2) is 7.40. The van der Waals surface area contributed by atoms with Gasteiger partial charge in [-0.3, -0.25) is 10.1 Å². The number of hydrogen-bond donors (Lipinski definition) is 1. The van der Waals surface area contributed by atoms with Crippen LogP contribution in [0, 0.1) is 10.1 Å². The highest BCUT2D eigenvalue weighted by Gasteiger charge is 2.26. The van der Waals surface area contributed by atoms with Gasteiger partial charge >= 0.3 is 5.97 Å². The molecule has 0 aliphatic rings. The predicted molar refractivity (Wildman–Crippen MR) is 73.1 cm³/mol. The third kappa shape index (κ3) is 3.89. The van der Waals surface area contributed by atoms with E-state index in [9.17, 15) is 20.0 Å². The molecule has 0 radical (unpaired) electrons. The SMILES string of the molecule is C=C(C(=O)OCCCC)C(O)c1ccccc1[N+](=O)[O-]. The predicted octanol–water partition coefficient (Wildman–Crippen LogP) is 2.53. The van der Waals surface area contributed by atoms with E-state index in [1.54, 1.807) is 6.07 Å². The average molecular weight is 279 g/mol. The molecular weight excluding hydrogens is 262 g/mol. The quantitative estimate of drug-likeness (QED) is 0.272. The van der Waals surface area contributed by atoms with Crippen LogP contribution in [0.3, 0.4) is 0 Å². The van der Waals surface area contributed by atoms with Gasteiger partial charge in [0.25, 0.3) is 5.69 Å². The minimum atomic E-state index is -1.45. The molecule has 1 unspecified atom stereocenters. The van der Waals surface area contributed by atoms with Crippen molar-refractivity contribution in [2.24, 2.45) is 0 Å². The van der Waals surface area contributed by atoms with Crippen molar-refractivity contribution in [3.63, 3.8) is 0 Å². The molecule has 0 amide bonds. The van der Waals surface area contributed by atoms with Gasteiger partial charge in [0, 0.05) is 6.07 Å². The topological polar surface area (TPSA) is 89.7 Å². The standard InChI is InChI=1S/C14H17NO5/c1-3-4-9-20-14(17)10(2)13(16)11-7-5-6-8-12(11)15(18)19/h5-8,13,16H,2-4,9H2,1H3. The maximum Gasteiger partial charge on any atom is 0.336 e. The first kappa shape index (κ1) is 15.8. The third-order valence-corrected chi connectivity index (χ3v) is 2.75. The van der Waals surface area contributed by atoms with Crippen molar-refractivity contribution in [3.05, 3.63) is 52.1 Å². The molecule has 0 spiro atoms. The minimum Gasteiger partial charge on any atom is -0.462 e. The number of ether oxygens (including phenoxy) is 1. The van der Waals surface area contributed by atoms with Gasteiger partial charge in [-0.1, -0.05) is 32.1 Å². The van der Waals surface area contributed by atoms with Crippen LogP contribution in [0.1, 0.15) is 31.4 Å². The van der Waals surface area contributed by atoms with Gasteiger partial charge in [0.1, 0.15) is 6.10 Å². The van der Waals surface area contributed by atoms with Crippen molar-refractivity contribution >= 4 is 11.7 Å². The number of carbonyl (C=O) groups excluding carboxylic acids is 1. The summed E-state index contributed by atoms with van der Waals surface area (Å²) in [5.41, 5.74) is -0.451. The van der Waals surface area contributed by atoms with Gasteiger partial charge in [-0.05, 0) is 12.5 Å². The lowest BCUT2D eigenvalue weighted by Crippen LogP contribution is -2.15. The molecule has 0 aliphatic carbocycles. The van der Waals surface area contributed by atoms with Crippen LogP contribution >= 0.6 is 0 Å². The number of aliphatic hydroxyl groups is 1. The first-order chi connectivity index (χ1) is 9.49. The Bertz CT molecular complexity index is 512. The monoisotopic (exact) mass is 279 g/mol. The molecule has 1 aromatic rings. The van der Waals surface area contributed by atoms with E-state index in [1.807, 2.05) is 6.92 Å². The summed E-state index contributed by atoms with van der Waals surface area (Å²) in [6.07, 6.45) is 0.123. The van der Waals surface area contributed by atoms with E-state index in [4.69, 9.17) is 4.74 Å². The van der Waals surface area contributed by atoms with Gasteiger partial charge in [0.2, 0.25) is 0 Å². The minimum absolute atomic E-state index is 0.0231. The van der Waals surface area contributed by atoms with Crippen LogP contribution in [0.15, 0.2) is 36.4 Å². The van der Waals surface area contributed by atoms with E-state index in [0.717, 1.165) is 6.42 Å². The zero-order chi connectivity index (χ0) is 15.1. The molecule has 20 heavy (non-hydrogen) atoms. The van der Waals surface area contributed by atoms with Gasteiger partial charge in [-0.15, -0.1) is 0 Å². The fourth-order valence-corrected chi connectivity index (χ4v) is 1.59. The summed E-state index contributed by atoms with van der Waals surface area (Å²) in [5, 5.41) is 20.9. The number of rotatable bonds is 7. The highest BCUT2D eigenvalue weighted by Crippen LogP contribution is 2.29. The fourth-order valence-electron chi connectivity index (χ4n) is 1.59. The smallest absolute Gasteiger partial charge is 0.336 e. The molecule has 1 aromatic carbocycles. The van der Waals surface area contributed by atoms with Crippen molar-refractivity contribution < 1.29 is 19.6 Å². The second-order valence-corrected chi connectivity index (χ2v) is 4.23. The highest BCUT2D eigenvalue weighted by atomic mass is 16.6. The number of nitro groups is 1. The first-order valence-corrected chi connectivity index (χ1v) is 6.26. The summed E-state index contributed by atoms with van der Waals surface area (Å²) in [7, 11) is 0. The molecule has 1 N–H and O–H groups in total. The number of aliphatic hydroxyl groups excluding tert-OH is 1. The number of nitro benzene ring substituents is 1. The Morgan fingerprint density at radius 2 is 2.15 bits per heavy atom.